The van der Waals surface area contributed by atoms with Gasteiger partial charge in [-0.15, -0.1) is 0 Å². The quantitative estimate of drug-likeness (QED) is 0.674. The van der Waals surface area contributed by atoms with Crippen LogP contribution in [0.15, 0.2) is 22.9 Å². The summed E-state index contributed by atoms with van der Waals surface area (Å²) >= 11 is 0. The molecule has 0 aromatic rings. The Hall–Kier alpha value is -0.720. The van der Waals surface area contributed by atoms with Gasteiger partial charge in [0.15, 0.2) is 0 Å². The normalized spacial score (nSPS) is 17.8. The van der Waals surface area contributed by atoms with Crippen molar-refractivity contribution in [3.05, 3.63) is 22.9 Å². The molecule has 0 aliphatic heterocycles. The molecule has 0 saturated heterocycles. The first-order valence-electron chi connectivity index (χ1n) is 6.49. The van der Waals surface area contributed by atoms with Gasteiger partial charge in [0.1, 0.15) is 0 Å². The maximum absolute atomic E-state index is 3.24. The van der Waals surface area contributed by atoms with Gasteiger partial charge in [-0.2, -0.15) is 0 Å². The standard InChI is InChI=1S/C10H15N.2C2H6/c1-11-10-6-8-4-2-3-5-9(8)7-10;2*1-2/h6,11H,2-5,7H2,1H3;2*1-2H3. The smallest absolute Gasteiger partial charge is 0.0148 e. The van der Waals surface area contributed by atoms with Crippen LogP contribution in [0.1, 0.15) is 59.8 Å². The monoisotopic (exact) mass is 209 g/mol. The first-order valence-corrected chi connectivity index (χ1v) is 6.49. The second kappa shape index (κ2) is 8.58. The average Bonchev–Trinajstić information content (AvgIpc) is 2.77. The van der Waals surface area contributed by atoms with Crippen molar-refractivity contribution in [2.24, 2.45) is 0 Å². The van der Waals surface area contributed by atoms with Gasteiger partial charge in [-0.25, -0.2) is 0 Å². The molecule has 0 amide bonds. The van der Waals surface area contributed by atoms with E-state index in [1.54, 1.807) is 11.1 Å². The molecule has 2 aliphatic rings. The van der Waals surface area contributed by atoms with E-state index in [2.05, 4.69) is 11.4 Å². The SMILES string of the molecule is CC.CC.CNC1=CC2=C(CCCC2)C1. The molecule has 0 atom stereocenters. The van der Waals surface area contributed by atoms with Crippen molar-refractivity contribution in [3.8, 4) is 0 Å². The maximum atomic E-state index is 3.24. The average molecular weight is 209 g/mol. The third-order valence-corrected chi connectivity index (χ3v) is 2.70. The van der Waals surface area contributed by atoms with Crippen LogP contribution < -0.4 is 5.32 Å². The van der Waals surface area contributed by atoms with Crippen molar-refractivity contribution in [1.82, 2.24) is 5.32 Å². The highest BCUT2D eigenvalue weighted by Gasteiger charge is 2.17. The molecule has 2 rings (SSSR count). The van der Waals surface area contributed by atoms with Crippen molar-refractivity contribution in [2.75, 3.05) is 7.05 Å². The molecule has 0 aromatic carbocycles. The fourth-order valence-corrected chi connectivity index (χ4v) is 2.02. The number of nitrogens with one attached hydrogen (secondary N) is 1. The Morgan fingerprint density at radius 3 is 2.13 bits per heavy atom. The molecule has 0 saturated carbocycles. The molecule has 15 heavy (non-hydrogen) atoms. The molecular weight excluding hydrogens is 182 g/mol. The molecule has 0 spiro atoms. The fraction of sp³-hybridized carbons (Fsp3) is 0.714. The predicted octanol–water partition coefficient (Wildman–Crippen LogP) is 4.42. The summed E-state index contributed by atoms with van der Waals surface area (Å²) in [5, 5.41) is 3.24. The molecule has 0 radical (unpaired) electrons. The van der Waals surface area contributed by atoms with Crippen LogP contribution in [-0.2, 0) is 0 Å². The lowest BCUT2D eigenvalue weighted by atomic mass is 9.94. The maximum Gasteiger partial charge on any atom is 0.0148 e. The van der Waals surface area contributed by atoms with Gasteiger partial charge in [-0.05, 0) is 37.3 Å². The van der Waals surface area contributed by atoms with Crippen LogP contribution in [0.5, 0.6) is 0 Å². The summed E-state index contributed by atoms with van der Waals surface area (Å²) in [7, 11) is 2.02. The van der Waals surface area contributed by atoms with Gasteiger partial charge < -0.3 is 5.32 Å². The van der Waals surface area contributed by atoms with Crippen LogP contribution in [-0.4, -0.2) is 7.05 Å². The Bertz CT molecular complexity index is 223. The van der Waals surface area contributed by atoms with E-state index in [1.165, 1.54) is 37.8 Å². The largest absolute Gasteiger partial charge is 0.391 e. The van der Waals surface area contributed by atoms with Crippen molar-refractivity contribution in [2.45, 2.75) is 59.8 Å². The van der Waals surface area contributed by atoms with E-state index in [0.717, 1.165) is 0 Å². The van der Waals surface area contributed by atoms with Gasteiger partial charge in [-0.3, -0.25) is 0 Å². The predicted molar refractivity (Wildman–Crippen MR) is 69.9 cm³/mol. The molecule has 0 bridgehead atoms. The summed E-state index contributed by atoms with van der Waals surface area (Å²) in [4.78, 5) is 0. The zero-order valence-electron chi connectivity index (χ0n) is 11.1. The molecule has 1 nitrogen and oxygen atoms in total. The van der Waals surface area contributed by atoms with Crippen LogP contribution in [0.25, 0.3) is 0 Å². The van der Waals surface area contributed by atoms with Gasteiger partial charge in [0, 0.05) is 19.2 Å². The van der Waals surface area contributed by atoms with Crippen molar-refractivity contribution in [3.63, 3.8) is 0 Å². The molecule has 0 aromatic heterocycles. The Morgan fingerprint density at radius 2 is 1.60 bits per heavy atom. The van der Waals surface area contributed by atoms with E-state index in [1.807, 2.05) is 34.7 Å². The molecule has 2 aliphatic carbocycles. The number of hydrogen-bond donors (Lipinski definition) is 1. The second-order valence-electron chi connectivity index (χ2n) is 3.43. The molecule has 0 fully saturated rings. The molecule has 88 valence electrons. The minimum atomic E-state index is 1.20. The topological polar surface area (TPSA) is 12.0 Å². The number of allylic oxidation sites excluding steroid dienone is 3. The Kier molecular flexibility index (Phi) is 8.17. The first-order chi connectivity index (χ1) is 7.40. The Labute approximate surface area is 95.7 Å². The van der Waals surface area contributed by atoms with Crippen LogP contribution >= 0.6 is 0 Å². The molecule has 0 unspecified atom stereocenters. The van der Waals surface area contributed by atoms with Crippen LogP contribution in [0.4, 0.5) is 0 Å². The van der Waals surface area contributed by atoms with Crippen LogP contribution in [0.2, 0.25) is 0 Å². The lowest BCUT2D eigenvalue weighted by Crippen LogP contribution is -2.03. The summed E-state index contributed by atoms with van der Waals surface area (Å²) in [6, 6.07) is 0. The zero-order chi connectivity index (χ0) is 11.7. The van der Waals surface area contributed by atoms with Gasteiger partial charge in [0.25, 0.3) is 0 Å². The second-order valence-corrected chi connectivity index (χ2v) is 3.43. The molecule has 1 N–H and O–H groups in total. The Balaban J connectivity index is 0.000000442. The molecule has 1 heteroatoms. The summed E-state index contributed by atoms with van der Waals surface area (Å²) in [6.07, 6.45) is 9.01. The van der Waals surface area contributed by atoms with Crippen molar-refractivity contribution >= 4 is 0 Å². The number of rotatable bonds is 1. The van der Waals surface area contributed by atoms with Gasteiger partial charge in [0.2, 0.25) is 0 Å². The highest BCUT2D eigenvalue weighted by atomic mass is 14.8. The number of hydrogen-bond acceptors (Lipinski definition) is 1. The van der Waals surface area contributed by atoms with E-state index in [-0.39, 0.29) is 0 Å². The summed E-state index contributed by atoms with van der Waals surface area (Å²) in [6.45, 7) is 8.00. The van der Waals surface area contributed by atoms with Crippen molar-refractivity contribution < 1.29 is 0 Å². The minimum absolute atomic E-state index is 1.20. The lowest BCUT2D eigenvalue weighted by molar-refractivity contribution is 0.677. The van der Waals surface area contributed by atoms with Gasteiger partial charge >= 0.3 is 0 Å². The van der Waals surface area contributed by atoms with E-state index in [0.29, 0.717) is 0 Å². The first kappa shape index (κ1) is 14.3. The van der Waals surface area contributed by atoms with E-state index >= 15 is 0 Å². The van der Waals surface area contributed by atoms with E-state index < -0.39 is 0 Å². The van der Waals surface area contributed by atoms with Crippen molar-refractivity contribution in [1.29, 1.82) is 0 Å². The highest BCUT2D eigenvalue weighted by molar-refractivity contribution is 5.39. The van der Waals surface area contributed by atoms with E-state index in [9.17, 15) is 0 Å². The third kappa shape index (κ3) is 4.11. The fourth-order valence-electron chi connectivity index (χ4n) is 2.02. The molecular formula is C14H27N. The van der Waals surface area contributed by atoms with Gasteiger partial charge in [-0.1, -0.05) is 33.3 Å². The lowest BCUT2D eigenvalue weighted by Gasteiger charge is -2.12. The summed E-state index contributed by atoms with van der Waals surface area (Å²) in [5.41, 5.74) is 4.73. The van der Waals surface area contributed by atoms with E-state index in [4.69, 9.17) is 0 Å². The summed E-state index contributed by atoms with van der Waals surface area (Å²) < 4.78 is 0. The zero-order valence-corrected chi connectivity index (χ0v) is 11.1. The Morgan fingerprint density at radius 1 is 1.00 bits per heavy atom. The van der Waals surface area contributed by atoms with Gasteiger partial charge in [0.05, 0.1) is 0 Å². The third-order valence-electron chi connectivity index (χ3n) is 2.70. The minimum Gasteiger partial charge on any atom is -0.391 e. The van der Waals surface area contributed by atoms with Crippen LogP contribution in [0.3, 0.4) is 0 Å². The van der Waals surface area contributed by atoms with Crippen LogP contribution in [0, 0.1) is 0 Å². The summed E-state index contributed by atoms with van der Waals surface area (Å²) in [5.74, 6) is 0. The molecule has 0 heterocycles. The highest BCUT2D eigenvalue weighted by Crippen LogP contribution is 2.34.